The van der Waals surface area contributed by atoms with Gasteiger partial charge in [-0.05, 0) is 34.1 Å². The molecule has 2 aromatic heterocycles. The van der Waals surface area contributed by atoms with E-state index in [1.807, 2.05) is 18.2 Å². The highest BCUT2D eigenvalue weighted by molar-refractivity contribution is 9.10. The average molecular weight is 302 g/mol. The normalized spacial score (nSPS) is 10.7. The molecule has 0 spiro atoms. The van der Waals surface area contributed by atoms with Crippen molar-refractivity contribution < 1.29 is 9.21 Å². The Morgan fingerprint density at radius 3 is 2.89 bits per heavy atom. The predicted octanol–water partition coefficient (Wildman–Crippen LogP) is 3.82. The standard InChI is InChI=1S/C14H8BrNO2/c15-14-11(5-7-18-14)13(17)10-4-3-9-2-1-6-16-12(9)8-10/h1-8H. The van der Waals surface area contributed by atoms with Crippen LogP contribution in [0.4, 0.5) is 0 Å². The maximum atomic E-state index is 12.3. The van der Waals surface area contributed by atoms with Crippen LogP contribution in [0.25, 0.3) is 10.9 Å². The number of halogens is 1. The summed E-state index contributed by atoms with van der Waals surface area (Å²) in [5.74, 6) is -0.0804. The molecule has 0 unspecified atom stereocenters. The van der Waals surface area contributed by atoms with Crippen LogP contribution in [0.5, 0.6) is 0 Å². The van der Waals surface area contributed by atoms with Gasteiger partial charge in [-0.2, -0.15) is 0 Å². The number of ketones is 1. The Morgan fingerprint density at radius 1 is 1.22 bits per heavy atom. The zero-order chi connectivity index (χ0) is 12.5. The van der Waals surface area contributed by atoms with E-state index in [-0.39, 0.29) is 5.78 Å². The number of fused-ring (bicyclic) bond motifs is 1. The lowest BCUT2D eigenvalue weighted by molar-refractivity contribution is 0.103. The number of carbonyl (C=O) groups is 1. The summed E-state index contributed by atoms with van der Waals surface area (Å²) in [6, 6.07) is 11.0. The first-order valence-corrected chi connectivity index (χ1v) is 6.17. The zero-order valence-corrected chi connectivity index (χ0v) is 10.8. The lowest BCUT2D eigenvalue weighted by Crippen LogP contribution is -2.00. The van der Waals surface area contributed by atoms with Gasteiger partial charge in [-0.15, -0.1) is 0 Å². The first-order chi connectivity index (χ1) is 8.75. The van der Waals surface area contributed by atoms with Gasteiger partial charge in [-0.3, -0.25) is 9.78 Å². The second-order valence-corrected chi connectivity index (χ2v) is 4.57. The number of pyridine rings is 1. The largest absolute Gasteiger partial charge is 0.457 e. The van der Waals surface area contributed by atoms with Crippen LogP contribution >= 0.6 is 15.9 Å². The van der Waals surface area contributed by atoms with Crippen LogP contribution in [0.1, 0.15) is 15.9 Å². The van der Waals surface area contributed by atoms with Crippen LogP contribution in [0, 0.1) is 0 Å². The minimum atomic E-state index is -0.0804. The fraction of sp³-hybridized carbons (Fsp3) is 0. The van der Waals surface area contributed by atoms with E-state index in [9.17, 15) is 4.79 Å². The number of benzene rings is 1. The van der Waals surface area contributed by atoms with Gasteiger partial charge in [-0.1, -0.05) is 18.2 Å². The van der Waals surface area contributed by atoms with Gasteiger partial charge in [0.25, 0.3) is 0 Å². The molecule has 2 heterocycles. The van der Waals surface area contributed by atoms with Gasteiger partial charge in [0.2, 0.25) is 0 Å². The molecule has 3 nitrogen and oxygen atoms in total. The van der Waals surface area contributed by atoms with Crippen molar-refractivity contribution in [2.24, 2.45) is 0 Å². The van der Waals surface area contributed by atoms with Crippen LogP contribution in [0.15, 0.2) is 57.9 Å². The van der Waals surface area contributed by atoms with Crippen molar-refractivity contribution in [3.05, 3.63) is 64.7 Å². The highest BCUT2D eigenvalue weighted by Crippen LogP contribution is 2.22. The Kier molecular flexibility index (Phi) is 2.72. The molecule has 0 aliphatic heterocycles. The minimum Gasteiger partial charge on any atom is -0.457 e. The fourth-order valence-electron chi connectivity index (χ4n) is 1.82. The van der Waals surface area contributed by atoms with Crippen molar-refractivity contribution in [1.82, 2.24) is 4.98 Å². The smallest absolute Gasteiger partial charge is 0.197 e. The number of aromatic nitrogens is 1. The predicted molar refractivity (Wildman–Crippen MR) is 71.6 cm³/mol. The third kappa shape index (κ3) is 1.84. The molecule has 4 heteroatoms. The molecule has 0 N–H and O–H groups in total. The summed E-state index contributed by atoms with van der Waals surface area (Å²) in [6.07, 6.45) is 3.20. The second kappa shape index (κ2) is 4.38. The Balaban J connectivity index is 2.10. The third-order valence-electron chi connectivity index (χ3n) is 2.73. The minimum absolute atomic E-state index is 0.0804. The van der Waals surface area contributed by atoms with Crippen molar-refractivity contribution in [1.29, 1.82) is 0 Å². The molecular formula is C14H8BrNO2. The Morgan fingerprint density at radius 2 is 2.11 bits per heavy atom. The van der Waals surface area contributed by atoms with Crippen LogP contribution < -0.4 is 0 Å². The highest BCUT2D eigenvalue weighted by Gasteiger charge is 2.15. The van der Waals surface area contributed by atoms with Gasteiger partial charge in [-0.25, -0.2) is 0 Å². The van der Waals surface area contributed by atoms with Gasteiger partial charge in [0.15, 0.2) is 10.5 Å². The quantitative estimate of drug-likeness (QED) is 0.676. The molecule has 88 valence electrons. The summed E-state index contributed by atoms with van der Waals surface area (Å²) in [6.45, 7) is 0. The molecule has 3 aromatic rings. The van der Waals surface area contributed by atoms with E-state index in [1.54, 1.807) is 24.4 Å². The van der Waals surface area contributed by atoms with Crippen LogP contribution in [-0.2, 0) is 0 Å². The van der Waals surface area contributed by atoms with E-state index in [0.717, 1.165) is 10.9 Å². The summed E-state index contributed by atoms with van der Waals surface area (Å²) in [5, 5.41) is 1.01. The maximum Gasteiger partial charge on any atom is 0.197 e. The lowest BCUT2D eigenvalue weighted by atomic mass is 10.0. The van der Waals surface area contributed by atoms with Crippen LogP contribution in [0.3, 0.4) is 0 Å². The Labute approximate surface area is 112 Å². The number of hydrogen-bond acceptors (Lipinski definition) is 3. The third-order valence-corrected chi connectivity index (χ3v) is 3.34. The molecule has 18 heavy (non-hydrogen) atoms. The van der Waals surface area contributed by atoms with Gasteiger partial charge >= 0.3 is 0 Å². The molecule has 3 rings (SSSR count). The molecule has 0 atom stereocenters. The number of furan rings is 1. The topological polar surface area (TPSA) is 43.1 Å². The van der Waals surface area contributed by atoms with Gasteiger partial charge in [0.05, 0.1) is 17.3 Å². The SMILES string of the molecule is O=C(c1ccc2cccnc2c1)c1ccoc1Br. The zero-order valence-electron chi connectivity index (χ0n) is 9.26. The van der Waals surface area contributed by atoms with Crippen molar-refractivity contribution in [2.75, 3.05) is 0 Å². The monoisotopic (exact) mass is 301 g/mol. The molecule has 0 radical (unpaired) electrons. The number of nitrogens with zero attached hydrogens (tertiary/aromatic N) is 1. The Bertz CT molecular complexity index is 733. The molecule has 0 fully saturated rings. The van der Waals surface area contributed by atoms with Gasteiger partial charge in [0.1, 0.15) is 0 Å². The molecule has 0 saturated heterocycles. The summed E-state index contributed by atoms with van der Waals surface area (Å²) in [4.78, 5) is 16.5. The number of carbonyl (C=O) groups excluding carboxylic acids is 1. The van der Waals surface area contributed by atoms with Crippen molar-refractivity contribution in [3.8, 4) is 0 Å². The van der Waals surface area contributed by atoms with Crippen molar-refractivity contribution in [3.63, 3.8) is 0 Å². The van der Waals surface area contributed by atoms with Crippen LogP contribution in [-0.4, -0.2) is 10.8 Å². The summed E-state index contributed by atoms with van der Waals surface area (Å²) in [5.41, 5.74) is 1.93. The summed E-state index contributed by atoms with van der Waals surface area (Å²) in [7, 11) is 0. The van der Waals surface area contributed by atoms with E-state index in [1.165, 1.54) is 6.26 Å². The van der Waals surface area contributed by atoms with E-state index >= 15 is 0 Å². The number of hydrogen-bond donors (Lipinski definition) is 0. The van der Waals surface area contributed by atoms with Crippen molar-refractivity contribution >= 4 is 32.6 Å². The summed E-state index contributed by atoms with van der Waals surface area (Å²) < 4.78 is 5.53. The second-order valence-electron chi connectivity index (χ2n) is 3.85. The lowest BCUT2D eigenvalue weighted by Gasteiger charge is -2.01. The fourth-order valence-corrected chi connectivity index (χ4v) is 2.24. The van der Waals surface area contributed by atoms with E-state index in [4.69, 9.17) is 4.42 Å². The maximum absolute atomic E-state index is 12.3. The molecule has 0 amide bonds. The van der Waals surface area contributed by atoms with Crippen molar-refractivity contribution in [2.45, 2.75) is 0 Å². The molecular weight excluding hydrogens is 294 g/mol. The van der Waals surface area contributed by atoms with E-state index in [2.05, 4.69) is 20.9 Å². The van der Waals surface area contributed by atoms with E-state index < -0.39 is 0 Å². The van der Waals surface area contributed by atoms with Crippen LogP contribution in [0.2, 0.25) is 0 Å². The molecule has 0 aliphatic rings. The molecule has 0 saturated carbocycles. The van der Waals surface area contributed by atoms with Gasteiger partial charge in [0, 0.05) is 17.1 Å². The number of rotatable bonds is 2. The highest BCUT2D eigenvalue weighted by atomic mass is 79.9. The first-order valence-electron chi connectivity index (χ1n) is 5.38. The molecule has 0 bridgehead atoms. The summed E-state index contributed by atoms with van der Waals surface area (Å²) >= 11 is 3.21. The molecule has 0 aliphatic carbocycles. The average Bonchev–Trinajstić information content (AvgIpc) is 2.83. The first kappa shape index (κ1) is 11.2. The molecule has 1 aromatic carbocycles. The van der Waals surface area contributed by atoms with Gasteiger partial charge < -0.3 is 4.42 Å². The van der Waals surface area contributed by atoms with E-state index in [0.29, 0.717) is 15.8 Å². The Hall–Kier alpha value is -1.94.